The number of hydrogen-bond acceptors (Lipinski definition) is 3. The van der Waals surface area contributed by atoms with Gasteiger partial charge in [-0.25, -0.2) is 0 Å². The quantitative estimate of drug-likeness (QED) is 0.694. The summed E-state index contributed by atoms with van der Waals surface area (Å²) in [6, 6.07) is 2.15. The van der Waals surface area contributed by atoms with Crippen LogP contribution < -0.4 is 5.32 Å². The van der Waals surface area contributed by atoms with Crippen LogP contribution in [-0.4, -0.2) is 61.7 Å². The summed E-state index contributed by atoms with van der Waals surface area (Å²) >= 11 is 0. The smallest absolute Gasteiger partial charge is 0.0250 e. The molecule has 1 saturated heterocycles. The van der Waals surface area contributed by atoms with Gasteiger partial charge in [-0.3, -0.25) is 4.90 Å². The number of hydrogen-bond donors (Lipinski definition) is 1. The monoisotopic (exact) mass is 269 g/mol. The molecular formula is C16H35N3. The molecule has 1 aliphatic rings. The summed E-state index contributed by atoms with van der Waals surface area (Å²) in [5.74, 6) is 0. The van der Waals surface area contributed by atoms with Crippen LogP contribution in [0.1, 0.15) is 52.9 Å². The molecule has 1 heterocycles. The fourth-order valence-corrected chi connectivity index (χ4v) is 3.67. The lowest BCUT2D eigenvalue weighted by atomic mass is 9.98. The Morgan fingerprint density at radius 2 is 2.00 bits per heavy atom. The van der Waals surface area contributed by atoms with Gasteiger partial charge in [-0.1, -0.05) is 27.2 Å². The number of rotatable bonds is 9. The number of likely N-dealkylation sites (N-methyl/N-ethyl adjacent to an activating group) is 2. The highest BCUT2D eigenvalue weighted by molar-refractivity contribution is 4.91. The van der Waals surface area contributed by atoms with Crippen LogP contribution in [0.2, 0.25) is 0 Å². The van der Waals surface area contributed by atoms with E-state index in [4.69, 9.17) is 0 Å². The fraction of sp³-hybridized carbons (Fsp3) is 1.00. The van der Waals surface area contributed by atoms with Gasteiger partial charge in [0.05, 0.1) is 0 Å². The van der Waals surface area contributed by atoms with Gasteiger partial charge in [0.25, 0.3) is 0 Å². The second kappa shape index (κ2) is 8.93. The van der Waals surface area contributed by atoms with Crippen molar-refractivity contribution in [1.82, 2.24) is 15.1 Å². The topological polar surface area (TPSA) is 18.5 Å². The molecule has 0 amide bonds. The molecule has 1 N–H and O–H groups in total. The van der Waals surface area contributed by atoms with Gasteiger partial charge in [0.2, 0.25) is 0 Å². The summed E-state index contributed by atoms with van der Waals surface area (Å²) in [4.78, 5) is 5.14. The molecule has 0 bridgehead atoms. The lowest BCUT2D eigenvalue weighted by molar-refractivity contribution is 0.116. The molecule has 3 unspecified atom stereocenters. The van der Waals surface area contributed by atoms with Gasteiger partial charge in [0.1, 0.15) is 0 Å². The first-order valence-corrected chi connectivity index (χ1v) is 8.27. The van der Waals surface area contributed by atoms with Crippen LogP contribution >= 0.6 is 0 Å². The Morgan fingerprint density at radius 1 is 1.26 bits per heavy atom. The fourth-order valence-electron chi connectivity index (χ4n) is 3.67. The van der Waals surface area contributed by atoms with E-state index in [0.29, 0.717) is 12.1 Å². The molecule has 3 heteroatoms. The van der Waals surface area contributed by atoms with E-state index in [0.717, 1.165) is 12.6 Å². The standard InChI is InChI=1S/C16H35N3/c1-6-10-15(17-8-3)16(7-2)19-12-9-11-14(19)13-18(4)5/h14-17H,6-13H2,1-5H3. The van der Waals surface area contributed by atoms with Crippen molar-refractivity contribution in [2.24, 2.45) is 0 Å². The van der Waals surface area contributed by atoms with Crippen LogP contribution in [-0.2, 0) is 0 Å². The van der Waals surface area contributed by atoms with Gasteiger partial charge >= 0.3 is 0 Å². The summed E-state index contributed by atoms with van der Waals surface area (Å²) in [6.07, 6.45) is 6.60. The Bertz CT molecular complexity index is 224. The van der Waals surface area contributed by atoms with E-state index < -0.39 is 0 Å². The highest BCUT2D eigenvalue weighted by Crippen LogP contribution is 2.25. The SMILES string of the molecule is CCCC(NCC)C(CC)N1CCCC1CN(C)C. The Hall–Kier alpha value is -0.120. The predicted octanol–water partition coefficient (Wildman–Crippen LogP) is 2.57. The van der Waals surface area contributed by atoms with Gasteiger partial charge < -0.3 is 10.2 Å². The highest BCUT2D eigenvalue weighted by atomic mass is 15.3. The van der Waals surface area contributed by atoms with Crippen LogP contribution in [0.5, 0.6) is 0 Å². The van der Waals surface area contributed by atoms with Crippen LogP contribution in [0.3, 0.4) is 0 Å². The van der Waals surface area contributed by atoms with E-state index in [1.807, 2.05) is 0 Å². The minimum Gasteiger partial charge on any atom is -0.313 e. The van der Waals surface area contributed by atoms with Gasteiger partial charge in [0, 0.05) is 24.7 Å². The van der Waals surface area contributed by atoms with Crippen molar-refractivity contribution in [2.75, 3.05) is 33.7 Å². The maximum Gasteiger partial charge on any atom is 0.0250 e. The molecule has 0 radical (unpaired) electrons. The van der Waals surface area contributed by atoms with Crippen LogP contribution in [0.15, 0.2) is 0 Å². The molecule has 1 fully saturated rings. The van der Waals surface area contributed by atoms with Crippen molar-refractivity contribution < 1.29 is 0 Å². The third-order valence-corrected chi connectivity index (χ3v) is 4.37. The summed E-state index contributed by atoms with van der Waals surface area (Å²) in [5.41, 5.74) is 0. The third-order valence-electron chi connectivity index (χ3n) is 4.37. The number of nitrogens with one attached hydrogen (secondary N) is 1. The van der Waals surface area contributed by atoms with Gasteiger partial charge in [-0.05, 0) is 52.9 Å². The number of likely N-dealkylation sites (tertiary alicyclic amines) is 1. The van der Waals surface area contributed by atoms with E-state index in [9.17, 15) is 0 Å². The molecule has 1 rings (SSSR count). The van der Waals surface area contributed by atoms with Crippen molar-refractivity contribution in [3.05, 3.63) is 0 Å². The summed E-state index contributed by atoms with van der Waals surface area (Å²) in [6.45, 7) is 10.5. The second-order valence-electron chi connectivity index (χ2n) is 6.22. The zero-order valence-electron chi connectivity index (χ0n) is 13.8. The molecule has 0 aromatic rings. The first-order valence-electron chi connectivity index (χ1n) is 8.27. The molecule has 1 aliphatic heterocycles. The Balaban J connectivity index is 2.69. The van der Waals surface area contributed by atoms with Crippen molar-refractivity contribution in [1.29, 1.82) is 0 Å². The van der Waals surface area contributed by atoms with E-state index in [2.05, 4.69) is 50.0 Å². The van der Waals surface area contributed by atoms with E-state index in [-0.39, 0.29) is 0 Å². The van der Waals surface area contributed by atoms with Crippen molar-refractivity contribution in [3.63, 3.8) is 0 Å². The first-order chi connectivity index (χ1) is 9.13. The molecule has 0 saturated carbocycles. The summed E-state index contributed by atoms with van der Waals surface area (Å²) < 4.78 is 0. The molecular weight excluding hydrogens is 234 g/mol. The van der Waals surface area contributed by atoms with E-state index in [1.54, 1.807) is 0 Å². The normalized spacial score (nSPS) is 24.0. The van der Waals surface area contributed by atoms with Gasteiger partial charge in [-0.2, -0.15) is 0 Å². The molecule has 19 heavy (non-hydrogen) atoms. The predicted molar refractivity (Wildman–Crippen MR) is 84.7 cm³/mol. The minimum atomic E-state index is 0.669. The van der Waals surface area contributed by atoms with E-state index >= 15 is 0 Å². The van der Waals surface area contributed by atoms with Crippen molar-refractivity contribution in [3.8, 4) is 0 Å². The largest absolute Gasteiger partial charge is 0.313 e. The zero-order valence-corrected chi connectivity index (χ0v) is 13.8. The minimum absolute atomic E-state index is 0.669. The van der Waals surface area contributed by atoms with E-state index in [1.165, 1.54) is 45.2 Å². The molecule has 3 atom stereocenters. The van der Waals surface area contributed by atoms with Crippen LogP contribution in [0, 0.1) is 0 Å². The van der Waals surface area contributed by atoms with Gasteiger partial charge in [0.15, 0.2) is 0 Å². The molecule has 3 nitrogen and oxygen atoms in total. The molecule has 0 aliphatic carbocycles. The molecule has 0 aromatic carbocycles. The Kier molecular flexibility index (Phi) is 7.96. The lowest BCUT2D eigenvalue weighted by Crippen LogP contribution is -2.53. The van der Waals surface area contributed by atoms with Crippen LogP contribution in [0.4, 0.5) is 0 Å². The molecule has 114 valence electrons. The average molecular weight is 269 g/mol. The lowest BCUT2D eigenvalue weighted by Gasteiger charge is -2.39. The van der Waals surface area contributed by atoms with Crippen LogP contribution in [0.25, 0.3) is 0 Å². The maximum absolute atomic E-state index is 3.73. The second-order valence-corrected chi connectivity index (χ2v) is 6.22. The Morgan fingerprint density at radius 3 is 2.53 bits per heavy atom. The van der Waals surface area contributed by atoms with Gasteiger partial charge in [-0.15, -0.1) is 0 Å². The highest BCUT2D eigenvalue weighted by Gasteiger charge is 2.33. The van der Waals surface area contributed by atoms with Crippen molar-refractivity contribution in [2.45, 2.75) is 71.0 Å². The number of nitrogens with zero attached hydrogens (tertiary/aromatic N) is 2. The Labute approximate surface area is 120 Å². The summed E-state index contributed by atoms with van der Waals surface area (Å²) in [5, 5.41) is 3.73. The average Bonchev–Trinajstić information content (AvgIpc) is 2.78. The third kappa shape index (κ3) is 5.05. The van der Waals surface area contributed by atoms with Crippen molar-refractivity contribution >= 4 is 0 Å². The molecule has 0 spiro atoms. The molecule has 0 aromatic heterocycles. The first kappa shape index (κ1) is 16.9. The zero-order chi connectivity index (χ0) is 14.3. The summed E-state index contributed by atoms with van der Waals surface area (Å²) in [7, 11) is 4.40. The maximum atomic E-state index is 3.73.